The van der Waals surface area contributed by atoms with E-state index in [1.165, 1.54) is 6.42 Å². The van der Waals surface area contributed by atoms with Crippen molar-refractivity contribution >= 4 is 10.0 Å². The van der Waals surface area contributed by atoms with Crippen LogP contribution < -0.4 is 0 Å². The van der Waals surface area contributed by atoms with E-state index in [0.717, 1.165) is 19.5 Å². The standard InChI is InChI=1S/C13H18N2O2S/c16-18(17,13-6-2-1-3-7-13)15-10-9-14-8-4-5-12(14)11-15/h1-3,6-7,12H,4-5,8-11H2/t12-/m0/s1. The first-order chi connectivity index (χ1) is 8.68. The van der Waals surface area contributed by atoms with Crippen LogP contribution in [0, 0.1) is 0 Å². The minimum absolute atomic E-state index is 0.413. The fourth-order valence-corrected chi connectivity index (χ4v) is 4.41. The molecule has 1 aromatic carbocycles. The lowest BCUT2D eigenvalue weighted by molar-refractivity contribution is 0.158. The van der Waals surface area contributed by atoms with Crippen LogP contribution in [0.15, 0.2) is 35.2 Å². The van der Waals surface area contributed by atoms with Gasteiger partial charge in [-0.3, -0.25) is 4.90 Å². The Labute approximate surface area is 108 Å². The maximum absolute atomic E-state index is 12.5. The minimum Gasteiger partial charge on any atom is -0.298 e. The lowest BCUT2D eigenvalue weighted by atomic mass is 10.2. The molecule has 2 aliphatic heterocycles. The topological polar surface area (TPSA) is 40.6 Å². The van der Waals surface area contributed by atoms with Gasteiger partial charge in [0.05, 0.1) is 4.90 Å². The molecule has 0 aliphatic carbocycles. The largest absolute Gasteiger partial charge is 0.298 e. The number of sulfonamides is 1. The Hall–Kier alpha value is -0.910. The first kappa shape index (κ1) is 12.1. The Balaban J connectivity index is 1.82. The molecule has 0 N–H and O–H groups in total. The monoisotopic (exact) mass is 266 g/mol. The fourth-order valence-electron chi connectivity index (χ4n) is 2.92. The highest BCUT2D eigenvalue weighted by Crippen LogP contribution is 2.25. The van der Waals surface area contributed by atoms with E-state index < -0.39 is 10.0 Å². The van der Waals surface area contributed by atoms with E-state index in [4.69, 9.17) is 0 Å². The molecule has 0 unspecified atom stereocenters. The zero-order valence-electron chi connectivity index (χ0n) is 10.3. The van der Waals surface area contributed by atoms with Crippen molar-refractivity contribution in [2.24, 2.45) is 0 Å². The Bertz CT molecular complexity index is 515. The molecule has 0 saturated carbocycles. The molecule has 2 aliphatic rings. The first-order valence-corrected chi connectivity index (χ1v) is 7.91. The summed E-state index contributed by atoms with van der Waals surface area (Å²) in [5.74, 6) is 0. The number of rotatable bonds is 2. The first-order valence-electron chi connectivity index (χ1n) is 6.47. The third kappa shape index (κ3) is 2.06. The predicted octanol–water partition coefficient (Wildman–Crippen LogP) is 1.16. The van der Waals surface area contributed by atoms with Crippen molar-refractivity contribution < 1.29 is 8.42 Å². The molecule has 0 bridgehead atoms. The molecule has 18 heavy (non-hydrogen) atoms. The smallest absolute Gasteiger partial charge is 0.243 e. The van der Waals surface area contributed by atoms with Gasteiger partial charge in [0.25, 0.3) is 0 Å². The molecular weight excluding hydrogens is 248 g/mol. The highest BCUT2D eigenvalue weighted by Gasteiger charge is 2.35. The summed E-state index contributed by atoms with van der Waals surface area (Å²) in [6.45, 7) is 3.27. The Kier molecular flexibility index (Phi) is 3.13. The molecule has 2 heterocycles. The lowest BCUT2D eigenvalue weighted by Crippen LogP contribution is -2.51. The molecule has 0 spiro atoms. The highest BCUT2D eigenvalue weighted by molar-refractivity contribution is 7.89. The van der Waals surface area contributed by atoms with E-state index in [2.05, 4.69) is 4.90 Å². The lowest BCUT2D eigenvalue weighted by Gasteiger charge is -2.36. The van der Waals surface area contributed by atoms with Gasteiger partial charge >= 0.3 is 0 Å². The van der Waals surface area contributed by atoms with E-state index in [9.17, 15) is 8.42 Å². The number of piperazine rings is 1. The van der Waals surface area contributed by atoms with Gasteiger partial charge in [0.1, 0.15) is 0 Å². The highest BCUT2D eigenvalue weighted by atomic mass is 32.2. The van der Waals surface area contributed by atoms with E-state index in [-0.39, 0.29) is 0 Å². The van der Waals surface area contributed by atoms with Crippen LogP contribution in [-0.4, -0.2) is 49.8 Å². The van der Waals surface area contributed by atoms with E-state index in [1.54, 1.807) is 28.6 Å². The molecular formula is C13H18N2O2S. The van der Waals surface area contributed by atoms with Gasteiger partial charge < -0.3 is 0 Å². The van der Waals surface area contributed by atoms with Crippen molar-refractivity contribution in [2.45, 2.75) is 23.8 Å². The number of benzene rings is 1. The summed E-state index contributed by atoms with van der Waals surface area (Å²) in [6.07, 6.45) is 2.32. The quantitative estimate of drug-likeness (QED) is 0.806. The second-order valence-corrected chi connectivity index (χ2v) is 6.95. The average molecular weight is 266 g/mol. The molecule has 5 heteroatoms. The predicted molar refractivity (Wildman–Crippen MR) is 69.8 cm³/mol. The molecule has 4 nitrogen and oxygen atoms in total. The van der Waals surface area contributed by atoms with Gasteiger partial charge in [0.2, 0.25) is 10.0 Å². The molecule has 2 saturated heterocycles. The molecule has 98 valence electrons. The molecule has 1 aromatic rings. The zero-order chi connectivity index (χ0) is 12.6. The van der Waals surface area contributed by atoms with Crippen LogP contribution in [0.25, 0.3) is 0 Å². The van der Waals surface area contributed by atoms with E-state index >= 15 is 0 Å². The van der Waals surface area contributed by atoms with Crippen molar-refractivity contribution in [3.63, 3.8) is 0 Å². The number of nitrogens with zero attached hydrogens (tertiary/aromatic N) is 2. The Morgan fingerprint density at radius 3 is 2.61 bits per heavy atom. The summed E-state index contributed by atoms with van der Waals surface area (Å²) in [5, 5.41) is 0. The molecule has 0 aromatic heterocycles. The number of hydrogen-bond acceptors (Lipinski definition) is 3. The number of fused-ring (bicyclic) bond motifs is 1. The van der Waals surface area contributed by atoms with Gasteiger partial charge in [-0.1, -0.05) is 18.2 Å². The molecule has 0 radical (unpaired) electrons. The molecule has 1 atom stereocenters. The minimum atomic E-state index is -3.29. The summed E-state index contributed by atoms with van der Waals surface area (Å²) >= 11 is 0. The van der Waals surface area contributed by atoms with Crippen LogP contribution in [0.2, 0.25) is 0 Å². The van der Waals surface area contributed by atoms with E-state index in [1.807, 2.05) is 6.07 Å². The molecule has 3 rings (SSSR count). The van der Waals surface area contributed by atoms with Crippen LogP contribution in [0.1, 0.15) is 12.8 Å². The van der Waals surface area contributed by atoms with Crippen LogP contribution in [0.3, 0.4) is 0 Å². The maximum Gasteiger partial charge on any atom is 0.243 e. The van der Waals surface area contributed by atoms with Gasteiger partial charge in [-0.15, -0.1) is 0 Å². The van der Waals surface area contributed by atoms with Crippen molar-refractivity contribution in [2.75, 3.05) is 26.2 Å². The normalized spacial score (nSPS) is 26.1. The van der Waals surface area contributed by atoms with Gasteiger partial charge in [0.15, 0.2) is 0 Å². The zero-order valence-corrected chi connectivity index (χ0v) is 11.1. The summed E-state index contributed by atoms with van der Waals surface area (Å²) in [4.78, 5) is 2.83. The van der Waals surface area contributed by atoms with E-state index in [0.29, 0.717) is 24.0 Å². The third-order valence-electron chi connectivity index (χ3n) is 3.93. The summed E-state index contributed by atoms with van der Waals surface area (Å²) in [7, 11) is -3.29. The summed E-state index contributed by atoms with van der Waals surface area (Å²) < 4.78 is 26.6. The molecule has 0 amide bonds. The van der Waals surface area contributed by atoms with Gasteiger partial charge in [-0.05, 0) is 31.5 Å². The van der Waals surface area contributed by atoms with Crippen molar-refractivity contribution in [1.29, 1.82) is 0 Å². The summed E-state index contributed by atoms with van der Waals surface area (Å²) in [5.41, 5.74) is 0. The van der Waals surface area contributed by atoms with Gasteiger partial charge in [-0.2, -0.15) is 4.31 Å². The number of hydrogen-bond donors (Lipinski definition) is 0. The van der Waals surface area contributed by atoms with Crippen LogP contribution >= 0.6 is 0 Å². The SMILES string of the molecule is O=S(=O)(c1ccccc1)N1CCN2CCC[C@H]2C1. The van der Waals surface area contributed by atoms with Crippen molar-refractivity contribution in [3.05, 3.63) is 30.3 Å². The maximum atomic E-state index is 12.5. The van der Waals surface area contributed by atoms with Crippen LogP contribution in [0.4, 0.5) is 0 Å². The summed E-state index contributed by atoms with van der Waals surface area (Å²) in [6, 6.07) is 9.18. The third-order valence-corrected chi connectivity index (χ3v) is 5.81. The molecule has 2 fully saturated rings. The fraction of sp³-hybridized carbons (Fsp3) is 0.538. The second kappa shape index (κ2) is 4.64. The van der Waals surface area contributed by atoms with Crippen molar-refractivity contribution in [1.82, 2.24) is 9.21 Å². The van der Waals surface area contributed by atoms with Crippen LogP contribution in [0.5, 0.6) is 0 Å². The van der Waals surface area contributed by atoms with Crippen LogP contribution in [-0.2, 0) is 10.0 Å². The van der Waals surface area contributed by atoms with Crippen molar-refractivity contribution in [3.8, 4) is 0 Å². The Morgan fingerprint density at radius 2 is 1.83 bits per heavy atom. The average Bonchev–Trinajstić information content (AvgIpc) is 2.87. The Morgan fingerprint density at radius 1 is 1.06 bits per heavy atom. The second-order valence-electron chi connectivity index (χ2n) is 5.01. The van der Waals surface area contributed by atoms with Gasteiger partial charge in [-0.25, -0.2) is 8.42 Å². The van der Waals surface area contributed by atoms with Gasteiger partial charge in [0, 0.05) is 25.7 Å².